The maximum Gasteiger partial charge on any atom is 0.303 e. The van der Waals surface area contributed by atoms with Crippen molar-refractivity contribution in [3.63, 3.8) is 0 Å². The van der Waals surface area contributed by atoms with Crippen LogP contribution >= 0.6 is 0 Å². The predicted molar refractivity (Wildman–Crippen MR) is 193 cm³/mol. The topological polar surface area (TPSA) is 74.6 Å². The van der Waals surface area contributed by atoms with Gasteiger partial charge in [0.2, 0.25) is 0 Å². The fourth-order valence-corrected chi connectivity index (χ4v) is 5.40. The van der Waals surface area contributed by atoms with E-state index in [4.69, 9.17) is 10.2 Å². The summed E-state index contributed by atoms with van der Waals surface area (Å²) in [5, 5.41) is 17.1. The molecule has 0 rings (SSSR count). The van der Waals surface area contributed by atoms with Crippen LogP contribution in [0, 0.1) is 0 Å². The molecule has 0 aromatic carbocycles. The first kappa shape index (κ1) is 48.3. The molecule has 0 aromatic rings. The number of allylic oxidation sites excluding steroid dienone is 4. The Bertz CT molecular complexity index is 578. The van der Waals surface area contributed by atoms with E-state index in [-0.39, 0.29) is 16.8 Å². The second-order valence-corrected chi connectivity index (χ2v) is 12.9. The number of carboxylic acid groups (broad SMARTS) is 2. The van der Waals surface area contributed by atoms with Gasteiger partial charge in [-0.2, -0.15) is 0 Å². The average Bonchev–Trinajstić information content (AvgIpc) is 3.00. The molecule has 0 aliphatic carbocycles. The van der Waals surface area contributed by atoms with Crippen LogP contribution in [0.2, 0.25) is 0 Å². The van der Waals surface area contributed by atoms with Crippen molar-refractivity contribution in [1.29, 1.82) is 0 Å². The van der Waals surface area contributed by atoms with Crippen LogP contribution in [0.3, 0.4) is 0 Å². The molecule has 1 radical (unpaired) electrons. The second-order valence-electron chi connectivity index (χ2n) is 12.9. The van der Waals surface area contributed by atoms with Crippen molar-refractivity contribution in [2.75, 3.05) is 0 Å². The van der Waals surface area contributed by atoms with Crippen molar-refractivity contribution >= 4 is 11.9 Å². The maximum atomic E-state index is 10.4. The van der Waals surface area contributed by atoms with Crippen LogP contribution in [0.4, 0.5) is 0 Å². The normalized spacial score (nSPS) is 11.1. The first-order chi connectivity index (χ1) is 21.5. The Morgan fingerprint density at radius 1 is 0.356 bits per heavy atom. The molecule has 2 N–H and O–H groups in total. The molecule has 0 unspecified atom stereocenters. The number of unbranched alkanes of at least 4 members (excludes halogenated alkanes) is 26. The Morgan fingerprint density at radius 2 is 0.556 bits per heavy atom. The number of hydrogen-bond donors (Lipinski definition) is 2. The summed E-state index contributed by atoms with van der Waals surface area (Å²) in [4.78, 5) is 20.7. The number of aliphatic carboxylic acids is 2. The van der Waals surface area contributed by atoms with Crippen molar-refractivity contribution in [1.82, 2.24) is 0 Å². The van der Waals surface area contributed by atoms with E-state index < -0.39 is 11.9 Å². The molecule has 0 saturated heterocycles. The van der Waals surface area contributed by atoms with Gasteiger partial charge in [0.25, 0.3) is 0 Å². The van der Waals surface area contributed by atoms with E-state index in [1.807, 2.05) is 0 Å². The molecule has 45 heavy (non-hydrogen) atoms. The molecule has 0 aromatic heterocycles. The Kier molecular flexibility index (Phi) is 48.4. The molecular weight excluding hydrogens is 603 g/mol. The molecular formula is C40H76CoO4. The van der Waals surface area contributed by atoms with Gasteiger partial charge < -0.3 is 10.2 Å². The SMILES string of the molecule is CCCCCCCC/C=C\CCCCCCCCCC(=O)O.CCCCCCCC/C=C\CCCCCCCCCC(=O)O.[Co]. The minimum atomic E-state index is -0.659. The zero-order valence-electron chi connectivity index (χ0n) is 30.0. The van der Waals surface area contributed by atoms with Crippen LogP contribution in [0.1, 0.15) is 219 Å². The molecule has 0 aliphatic rings. The molecule has 0 atom stereocenters. The van der Waals surface area contributed by atoms with Crippen LogP contribution < -0.4 is 0 Å². The number of hydrogen-bond acceptors (Lipinski definition) is 2. The standard InChI is InChI=1S/2C20H38O2.Co/c2*1-2-3-4-5-6-7-8-9-10-11-12-13-14-15-16-17-18-19-20(21)22;/h2*9-10H,2-8,11-19H2,1H3,(H,21,22);/b2*10-9-;. The number of carboxylic acids is 2. The largest absolute Gasteiger partial charge is 0.481 e. The summed E-state index contributed by atoms with van der Waals surface area (Å²) < 4.78 is 0. The van der Waals surface area contributed by atoms with Crippen molar-refractivity contribution in [3.8, 4) is 0 Å². The van der Waals surface area contributed by atoms with Crippen molar-refractivity contribution in [2.24, 2.45) is 0 Å². The van der Waals surface area contributed by atoms with Gasteiger partial charge in [-0.3, -0.25) is 9.59 Å². The third-order valence-corrected chi connectivity index (χ3v) is 8.30. The zero-order valence-corrected chi connectivity index (χ0v) is 31.0. The van der Waals surface area contributed by atoms with E-state index in [1.165, 1.54) is 167 Å². The van der Waals surface area contributed by atoms with Gasteiger partial charge in [0.05, 0.1) is 0 Å². The molecule has 0 heterocycles. The fourth-order valence-electron chi connectivity index (χ4n) is 5.40. The Morgan fingerprint density at radius 3 is 0.778 bits per heavy atom. The van der Waals surface area contributed by atoms with Crippen LogP contribution in [-0.4, -0.2) is 22.2 Å². The molecule has 0 amide bonds. The molecule has 0 saturated carbocycles. The third-order valence-electron chi connectivity index (χ3n) is 8.30. The van der Waals surface area contributed by atoms with Crippen molar-refractivity contribution in [2.45, 2.75) is 219 Å². The summed E-state index contributed by atoms with van der Waals surface area (Å²) in [6.45, 7) is 4.53. The van der Waals surface area contributed by atoms with Gasteiger partial charge in [-0.15, -0.1) is 0 Å². The van der Waals surface area contributed by atoms with Gasteiger partial charge in [-0.1, -0.05) is 167 Å². The van der Waals surface area contributed by atoms with Gasteiger partial charge in [-0.25, -0.2) is 0 Å². The Balaban J connectivity index is -0.000000767. The van der Waals surface area contributed by atoms with E-state index in [0.717, 1.165) is 25.7 Å². The molecule has 269 valence electrons. The fraction of sp³-hybridized carbons (Fsp3) is 0.850. The van der Waals surface area contributed by atoms with Gasteiger partial charge in [-0.05, 0) is 64.2 Å². The predicted octanol–water partition coefficient (Wildman–Crippen LogP) is 13.8. The van der Waals surface area contributed by atoms with Crippen molar-refractivity contribution < 1.29 is 36.6 Å². The molecule has 4 nitrogen and oxygen atoms in total. The van der Waals surface area contributed by atoms with Gasteiger partial charge in [0.15, 0.2) is 0 Å². The first-order valence-electron chi connectivity index (χ1n) is 19.3. The molecule has 0 fully saturated rings. The van der Waals surface area contributed by atoms with Crippen molar-refractivity contribution in [3.05, 3.63) is 24.3 Å². The Labute approximate surface area is 291 Å². The van der Waals surface area contributed by atoms with Gasteiger partial charge >= 0.3 is 11.9 Å². The molecule has 0 aliphatic heterocycles. The summed E-state index contributed by atoms with van der Waals surface area (Å²) in [5.41, 5.74) is 0. The molecule has 0 bridgehead atoms. The van der Waals surface area contributed by atoms with E-state index in [9.17, 15) is 9.59 Å². The summed E-state index contributed by atoms with van der Waals surface area (Å²) in [6, 6.07) is 0. The van der Waals surface area contributed by atoms with E-state index in [0.29, 0.717) is 12.8 Å². The summed E-state index contributed by atoms with van der Waals surface area (Å²) >= 11 is 0. The number of rotatable bonds is 34. The average molecular weight is 680 g/mol. The van der Waals surface area contributed by atoms with E-state index in [2.05, 4.69) is 38.2 Å². The summed E-state index contributed by atoms with van der Waals surface area (Å²) in [5.74, 6) is -1.32. The van der Waals surface area contributed by atoms with Crippen LogP contribution in [-0.2, 0) is 26.4 Å². The van der Waals surface area contributed by atoms with E-state index in [1.54, 1.807) is 0 Å². The summed E-state index contributed by atoms with van der Waals surface area (Å²) in [7, 11) is 0. The zero-order chi connectivity index (χ0) is 32.6. The van der Waals surface area contributed by atoms with Gasteiger partial charge in [0, 0.05) is 29.6 Å². The molecule has 0 spiro atoms. The van der Waals surface area contributed by atoms with Crippen LogP contribution in [0.5, 0.6) is 0 Å². The quantitative estimate of drug-likeness (QED) is 0.0524. The first-order valence-corrected chi connectivity index (χ1v) is 19.3. The Hall–Kier alpha value is -1.07. The third kappa shape index (κ3) is 52.7. The van der Waals surface area contributed by atoms with Crippen LogP contribution in [0.25, 0.3) is 0 Å². The minimum Gasteiger partial charge on any atom is -0.481 e. The van der Waals surface area contributed by atoms with Gasteiger partial charge in [0.1, 0.15) is 0 Å². The number of carbonyl (C=O) groups is 2. The van der Waals surface area contributed by atoms with E-state index >= 15 is 0 Å². The maximum absolute atomic E-state index is 10.4. The summed E-state index contributed by atoms with van der Waals surface area (Å²) in [6.07, 6.45) is 48.3. The smallest absolute Gasteiger partial charge is 0.303 e. The monoisotopic (exact) mass is 680 g/mol. The second kappa shape index (κ2) is 45.0. The van der Waals surface area contributed by atoms with Crippen LogP contribution in [0.15, 0.2) is 24.3 Å². The molecule has 5 heteroatoms. The minimum absolute atomic E-state index is 0.